The number of hydrogen-bond acceptors (Lipinski definition) is 2. The van der Waals surface area contributed by atoms with E-state index < -0.39 is 0 Å². The molecule has 2 nitrogen and oxygen atoms in total. The summed E-state index contributed by atoms with van der Waals surface area (Å²) in [4.78, 5) is 0. The molecule has 0 spiro atoms. The number of halogens is 2. The summed E-state index contributed by atoms with van der Waals surface area (Å²) < 4.78 is 5.85. The lowest BCUT2D eigenvalue weighted by atomic mass is 10.1. The second-order valence-corrected chi connectivity index (χ2v) is 5.62. The van der Waals surface area contributed by atoms with Gasteiger partial charge in [0.15, 0.2) is 0 Å². The fourth-order valence-corrected chi connectivity index (χ4v) is 2.35. The predicted octanol–water partition coefficient (Wildman–Crippen LogP) is 4.90. The second-order valence-electron chi connectivity index (χ2n) is 4.83. The van der Waals surface area contributed by atoms with E-state index >= 15 is 0 Å². The topological polar surface area (TPSA) is 35.2 Å². The van der Waals surface area contributed by atoms with E-state index in [-0.39, 0.29) is 6.04 Å². The zero-order valence-electron chi connectivity index (χ0n) is 11.5. The third-order valence-electron chi connectivity index (χ3n) is 3.07. The van der Waals surface area contributed by atoms with E-state index in [9.17, 15) is 0 Å². The molecule has 2 N–H and O–H groups in total. The molecule has 1 unspecified atom stereocenters. The maximum Gasteiger partial charge on any atom is 0.124 e. The molecule has 20 heavy (non-hydrogen) atoms. The Morgan fingerprint density at radius 1 is 1.20 bits per heavy atom. The molecular formula is C16H17Cl2NO. The Bertz CT molecular complexity index is 611. The van der Waals surface area contributed by atoms with Crippen LogP contribution in [0, 0.1) is 6.92 Å². The van der Waals surface area contributed by atoms with Crippen molar-refractivity contribution in [3.05, 3.63) is 63.1 Å². The zero-order chi connectivity index (χ0) is 14.7. The summed E-state index contributed by atoms with van der Waals surface area (Å²) in [7, 11) is 0. The number of aryl methyl sites for hydroxylation is 1. The molecule has 0 aliphatic carbocycles. The van der Waals surface area contributed by atoms with Crippen LogP contribution in [0.15, 0.2) is 36.4 Å². The van der Waals surface area contributed by atoms with Crippen LogP contribution in [0.3, 0.4) is 0 Å². The summed E-state index contributed by atoms with van der Waals surface area (Å²) >= 11 is 12.1. The quantitative estimate of drug-likeness (QED) is 0.871. The molecule has 0 aromatic heterocycles. The number of nitrogens with two attached hydrogens (primary N) is 1. The van der Waals surface area contributed by atoms with Crippen molar-refractivity contribution in [2.45, 2.75) is 26.5 Å². The van der Waals surface area contributed by atoms with E-state index in [4.69, 9.17) is 33.7 Å². The van der Waals surface area contributed by atoms with Crippen molar-refractivity contribution in [2.75, 3.05) is 0 Å². The molecule has 2 aromatic carbocycles. The SMILES string of the molecule is Cc1ccc(OCc2cccc(Cl)c2Cl)c(C(C)N)c1. The Labute approximate surface area is 129 Å². The predicted molar refractivity (Wildman–Crippen MR) is 84.6 cm³/mol. The molecule has 0 aliphatic heterocycles. The van der Waals surface area contributed by atoms with E-state index in [0.717, 1.165) is 22.4 Å². The van der Waals surface area contributed by atoms with Crippen molar-refractivity contribution in [1.82, 2.24) is 0 Å². The summed E-state index contributed by atoms with van der Waals surface area (Å²) in [6.45, 7) is 4.33. The number of benzene rings is 2. The average molecular weight is 310 g/mol. The van der Waals surface area contributed by atoms with Gasteiger partial charge in [-0.05, 0) is 26.0 Å². The van der Waals surface area contributed by atoms with Crippen molar-refractivity contribution < 1.29 is 4.74 Å². The van der Waals surface area contributed by atoms with E-state index in [1.165, 1.54) is 0 Å². The van der Waals surface area contributed by atoms with Gasteiger partial charge in [0.1, 0.15) is 12.4 Å². The van der Waals surface area contributed by atoms with Gasteiger partial charge in [-0.1, -0.05) is 53.0 Å². The fraction of sp³-hybridized carbons (Fsp3) is 0.250. The molecule has 0 fully saturated rings. The minimum atomic E-state index is -0.0836. The molecule has 2 rings (SSSR count). The monoisotopic (exact) mass is 309 g/mol. The molecule has 0 saturated carbocycles. The van der Waals surface area contributed by atoms with Crippen LogP contribution >= 0.6 is 23.2 Å². The van der Waals surface area contributed by atoms with E-state index in [0.29, 0.717) is 16.7 Å². The van der Waals surface area contributed by atoms with Gasteiger partial charge in [-0.25, -0.2) is 0 Å². The van der Waals surface area contributed by atoms with E-state index in [1.807, 2.05) is 44.2 Å². The van der Waals surface area contributed by atoms with Gasteiger partial charge in [0.05, 0.1) is 10.0 Å². The summed E-state index contributed by atoms with van der Waals surface area (Å²) in [5.41, 5.74) is 8.98. The van der Waals surface area contributed by atoms with Gasteiger partial charge in [-0.15, -0.1) is 0 Å². The van der Waals surface area contributed by atoms with Crippen molar-refractivity contribution >= 4 is 23.2 Å². The Morgan fingerprint density at radius 3 is 2.65 bits per heavy atom. The van der Waals surface area contributed by atoms with Crippen molar-refractivity contribution in [1.29, 1.82) is 0 Å². The molecule has 0 radical (unpaired) electrons. The summed E-state index contributed by atoms with van der Waals surface area (Å²) in [5, 5.41) is 1.06. The van der Waals surface area contributed by atoms with Crippen LogP contribution in [-0.4, -0.2) is 0 Å². The van der Waals surface area contributed by atoms with Crippen LogP contribution in [-0.2, 0) is 6.61 Å². The lowest BCUT2D eigenvalue weighted by Gasteiger charge is -2.15. The smallest absolute Gasteiger partial charge is 0.124 e. The molecule has 0 bridgehead atoms. The highest BCUT2D eigenvalue weighted by atomic mass is 35.5. The largest absolute Gasteiger partial charge is 0.489 e. The molecule has 0 aliphatic rings. The summed E-state index contributed by atoms with van der Waals surface area (Å²) in [5.74, 6) is 0.779. The van der Waals surface area contributed by atoms with Gasteiger partial charge in [0.2, 0.25) is 0 Å². The maximum absolute atomic E-state index is 6.15. The summed E-state index contributed by atoms with van der Waals surface area (Å²) in [6.07, 6.45) is 0. The number of ether oxygens (including phenoxy) is 1. The molecule has 2 aromatic rings. The zero-order valence-corrected chi connectivity index (χ0v) is 13.0. The molecule has 0 heterocycles. The first-order valence-corrected chi connectivity index (χ1v) is 7.16. The van der Waals surface area contributed by atoms with E-state index in [1.54, 1.807) is 6.07 Å². The van der Waals surface area contributed by atoms with Crippen LogP contribution in [0.25, 0.3) is 0 Å². The van der Waals surface area contributed by atoms with Crippen molar-refractivity contribution in [2.24, 2.45) is 5.73 Å². The maximum atomic E-state index is 6.15. The molecule has 1 atom stereocenters. The molecule has 0 amide bonds. The van der Waals surface area contributed by atoms with Gasteiger partial charge in [0.25, 0.3) is 0 Å². The first-order chi connectivity index (χ1) is 9.49. The molecular weight excluding hydrogens is 293 g/mol. The van der Waals surface area contributed by atoms with Crippen LogP contribution in [0.4, 0.5) is 0 Å². The van der Waals surface area contributed by atoms with Crippen LogP contribution in [0.5, 0.6) is 5.75 Å². The van der Waals surface area contributed by atoms with Gasteiger partial charge in [-0.2, -0.15) is 0 Å². The molecule has 4 heteroatoms. The van der Waals surface area contributed by atoms with Crippen LogP contribution in [0.1, 0.15) is 29.7 Å². The highest BCUT2D eigenvalue weighted by Crippen LogP contribution is 2.29. The third-order valence-corrected chi connectivity index (χ3v) is 3.93. The van der Waals surface area contributed by atoms with Crippen molar-refractivity contribution in [3.8, 4) is 5.75 Å². The van der Waals surface area contributed by atoms with Crippen molar-refractivity contribution in [3.63, 3.8) is 0 Å². The summed E-state index contributed by atoms with van der Waals surface area (Å²) in [6, 6.07) is 11.4. The van der Waals surface area contributed by atoms with Gasteiger partial charge in [-0.3, -0.25) is 0 Å². The Balaban J connectivity index is 2.21. The number of rotatable bonds is 4. The standard InChI is InChI=1S/C16H17Cl2NO/c1-10-6-7-15(13(8-10)11(2)19)20-9-12-4-3-5-14(17)16(12)18/h3-8,11H,9,19H2,1-2H3. The second kappa shape index (κ2) is 6.49. The fourth-order valence-electron chi connectivity index (χ4n) is 1.97. The third kappa shape index (κ3) is 3.45. The Morgan fingerprint density at radius 2 is 1.95 bits per heavy atom. The Kier molecular flexibility index (Phi) is 4.92. The Hall–Kier alpha value is -1.22. The normalized spacial score (nSPS) is 12.2. The first kappa shape index (κ1) is 15.2. The van der Waals surface area contributed by atoms with Gasteiger partial charge in [0, 0.05) is 17.2 Å². The van der Waals surface area contributed by atoms with Gasteiger partial charge >= 0.3 is 0 Å². The highest BCUT2D eigenvalue weighted by molar-refractivity contribution is 6.42. The van der Waals surface area contributed by atoms with Gasteiger partial charge < -0.3 is 10.5 Å². The molecule has 106 valence electrons. The highest BCUT2D eigenvalue weighted by Gasteiger charge is 2.10. The number of hydrogen-bond donors (Lipinski definition) is 1. The van der Waals surface area contributed by atoms with Crippen LogP contribution in [0.2, 0.25) is 10.0 Å². The first-order valence-electron chi connectivity index (χ1n) is 6.41. The molecule has 0 saturated heterocycles. The lowest BCUT2D eigenvalue weighted by Crippen LogP contribution is -2.08. The van der Waals surface area contributed by atoms with E-state index in [2.05, 4.69) is 0 Å². The lowest BCUT2D eigenvalue weighted by molar-refractivity contribution is 0.301. The minimum absolute atomic E-state index is 0.0836. The van der Waals surface area contributed by atoms with Crippen LogP contribution < -0.4 is 10.5 Å². The minimum Gasteiger partial charge on any atom is -0.489 e. The average Bonchev–Trinajstić information content (AvgIpc) is 2.41.